The van der Waals surface area contributed by atoms with E-state index in [0.717, 1.165) is 94.4 Å². The Balaban J connectivity index is 0.783. The molecule has 2 saturated heterocycles. The lowest BCUT2D eigenvalue weighted by molar-refractivity contribution is -0.384. The Labute approximate surface area is 447 Å². The molecule has 5 aliphatic rings. The van der Waals surface area contributed by atoms with Crippen molar-refractivity contribution < 1.29 is 41.8 Å². The fraction of sp³-hybridized carbons (Fsp3) is 0.456. The summed E-state index contributed by atoms with van der Waals surface area (Å²) in [6, 6.07) is 23.1. The van der Waals surface area contributed by atoms with E-state index in [-0.39, 0.29) is 45.6 Å². The number of piperazine rings is 1. The molecule has 3 aliphatic heterocycles. The van der Waals surface area contributed by atoms with Gasteiger partial charge in [0, 0.05) is 81.9 Å². The van der Waals surface area contributed by atoms with Crippen molar-refractivity contribution in [1.29, 1.82) is 0 Å². The number of aliphatic hydroxyl groups is 1. The van der Waals surface area contributed by atoms with Crippen LogP contribution in [0.15, 0.2) is 96.3 Å². The lowest BCUT2D eigenvalue weighted by Gasteiger charge is -2.58. The molecule has 1 atom stereocenters. The number of benzene rings is 3. The molecule has 1 spiro atoms. The number of anilines is 2. The summed E-state index contributed by atoms with van der Waals surface area (Å²) in [5, 5.41) is 25.7. The molecule has 18 nitrogen and oxygen atoms in total. The van der Waals surface area contributed by atoms with E-state index in [9.17, 15) is 32.8 Å². The van der Waals surface area contributed by atoms with Crippen LogP contribution in [0.1, 0.15) is 111 Å². The van der Waals surface area contributed by atoms with Crippen LogP contribution < -0.4 is 29.1 Å². The van der Waals surface area contributed by atoms with Gasteiger partial charge >= 0.3 is 5.69 Å². The van der Waals surface area contributed by atoms with Crippen molar-refractivity contribution in [2.45, 2.75) is 107 Å². The topological polar surface area (TPSA) is 218 Å². The van der Waals surface area contributed by atoms with Gasteiger partial charge in [-0.05, 0) is 123 Å². The van der Waals surface area contributed by atoms with Gasteiger partial charge in [0.05, 0.1) is 33.9 Å². The molecule has 4 N–H and O–H groups in total. The van der Waals surface area contributed by atoms with Gasteiger partial charge in [-0.3, -0.25) is 24.7 Å². The summed E-state index contributed by atoms with van der Waals surface area (Å²) in [7, 11) is -4.71. The van der Waals surface area contributed by atoms with Crippen molar-refractivity contribution in [3.63, 3.8) is 0 Å². The molecule has 0 radical (unpaired) electrons. The quantitative estimate of drug-likeness (QED) is 0.0556. The van der Waals surface area contributed by atoms with Crippen LogP contribution in [0.25, 0.3) is 11.0 Å². The first kappa shape index (κ1) is 52.2. The maximum Gasteiger partial charge on any atom is 0.312 e. The van der Waals surface area contributed by atoms with Gasteiger partial charge < -0.3 is 34.5 Å². The molecule has 11 rings (SSSR count). The third-order valence-electron chi connectivity index (χ3n) is 16.7. The molecule has 406 valence electrons. The van der Waals surface area contributed by atoms with E-state index in [1.54, 1.807) is 19.1 Å². The van der Waals surface area contributed by atoms with Gasteiger partial charge in [0.25, 0.3) is 15.9 Å². The standard InChI is InChI=1S/C57H66FN9O9S/c1-36(2)43-6-4-5-7-44(43)49-35-64(34-38-8-11-50-52(24-38)75-23-22-74-50)20-21-66(49)40-28-57(29-40)16-18-65(19-17-57)39-9-10-45(51(25-39)76-41-26-46-47(58)33-62-53(46)60-31-41)55(68)63-77(72,73)42-27-48(67(70)71)54(61-32-42)59-30-37-12-14-56(3,69)15-13-37/h4-11,24-27,31-33,36-37,40,49,69H,12-23,28-30,34-35H2,1-3H3,(H,59,61)(H,60,62)(H,63,68)/t37?,49-,56?/m0/s1. The van der Waals surface area contributed by atoms with Crippen LogP contribution in [0.2, 0.25) is 0 Å². The van der Waals surface area contributed by atoms with E-state index >= 15 is 0 Å². The summed E-state index contributed by atoms with van der Waals surface area (Å²) in [5.74, 6) is 0.552. The average molecular weight is 1070 g/mol. The molecule has 0 bridgehead atoms. The normalized spacial score (nSPS) is 22.0. The number of aromatic amines is 1. The Hall–Kier alpha value is -6.87. The van der Waals surface area contributed by atoms with Gasteiger partial charge in [0.2, 0.25) is 5.82 Å². The molecular weight excluding hydrogens is 1010 g/mol. The number of halogens is 1. The predicted molar refractivity (Wildman–Crippen MR) is 289 cm³/mol. The molecule has 3 aromatic carbocycles. The second-order valence-corrected chi connectivity index (χ2v) is 24.0. The number of sulfonamides is 1. The second-order valence-electron chi connectivity index (χ2n) is 22.3. The van der Waals surface area contributed by atoms with Crippen LogP contribution in [0.4, 0.5) is 21.6 Å². The number of ether oxygens (including phenoxy) is 3. The third-order valence-corrected chi connectivity index (χ3v) is 18.0. The summed E-state index contributed by atoms with van der Waals surface area (Å²) < 4.78 is 62.5. The van der Waals surface area contributed by atoms with Gasteiger partial charge in [-0.2, -0.15) is 0 Å². The number of hydrogen-bond donors (Lipinski definition) is 4. The minimum Gasteiger partial charge on any atom is -0.486 e. The number of fused-ring (bicyclic) bond motifs is 2. The number of piperidine rings is 1. The van der Waals surface area contributed by atoms with E-state index < -0.39 is 42.9 Å². The fourth-order valence-electron chi connectivity index (χ4n) is 12.3. The van der Waals surface area contributed by atoms with Gasteiger partial charge in [0.15, 0.2) is 11.5 Å². The number of nitro groups is 1. The molecule has 1 amide bonds. The van der Waals surface area contributed by atoms with Crippen molar-refractivity contribution in [2.24, 2.45) is 11.3 Å². The summed E-state index contributed by atoms with van der Waals surface area (Å²) in [6.07, 6.45) is 10.3. The molecule has 4 fully saturated rings. The van der Waals surface area contributed by atoms with Gasteiger partial charge in [0.1, 0.15) is 41.1 Å². The molecule has 6 aromatic rings. The summed E-state index contributed by atoms with van der Waals surface area (Å²) >= 11 is 0. The van der Waals surface area contributed by atoms with E-state index in [1.807, 2.05) is 6.07 Å². The highest BCUT2D eigenvalue weighted by molar-refractivity contribution is 7.90. The number of nitrogens with zero attached hydrogens (tertiary/aromatic N) is 6. The Bertz CT molecular complexity index is 3290. The van der Waals surface area contributed by atoms with Crippen molar-refractivity contribution in [3.05, 3.63) is 130 Å². The summed E-state index contributed by atoms with van der Waals surface area (Å²) in [5.41, 5.74) is 3.77. The number of carbonyl (C=O) groups is 1. The van der Waals surface area contributed by atoms with Crippen LogP contribution >= 0.6 is 0 Å². The first-order valence-corrected chi connectivity index (χ1v) is 28.3. The van der Waals surface area contributed by atoms with Gasteiger partial charge in [-0.15, -0.1) is 0 Å². The maximum atomic E-state index is 14.7. The Morgan fingerprint density at radius 3 is 2.49 bits per heavy atom. The van der Waals surface area contributed by atoms with Crippen molar-refractivity contribution in [3.8, 4) is 23.0 Å². The Kier molecular flexibility index (Phi) is 14.3. The molecule has 2 saturated carbocycles. The summed E-state index contributed by atoms with van der Waals surface area (Å²) in [6.45, 7) is 13.0. The van der Waals surface area contributed by atoms with Crippen LogP contribution in [0, 0.1) is 27.3 Å². The number of amides is 1. The first-order chi connectivity index (χ1) is 37.0. The highest BCUT2D eigenvalue weighted by Crippen LogP contribution is 2.53. The highest BCUT2D eigenvalue weighted by Gasteiger charge is 2.50. The van der Waals surface area contributed by atoms with E-state index in [4.69, 9.17) is 14.2 Å². The number of H-pyrrole nitrogens is 1. The lowest BCUT2D eigenvalue weighted by Crippen LogP contribution is -2.60. The zero-order chi connectivity index (χ0) is 53.6. The SMILES string of the molecule is CC(C)c1ccccc1[C@@H]1CN(Cc2ccc3c(c2)OCCO3)CCN1C1CC2(CCN(c3ccc(C(=O)NS(=O)(=O)c4cnc(NCC5CCC(C)(O)CC5)c([N+](=O)[O-])c4)c(Oc4cnc5[nH]cc(F)c5c4)c3)CC2)C1. The predicted octanol–water partition coefficient (Wildman–Crippen LogP) is 9.47. The molecule has 3 aromatic heterocycles. The third kappa shape index (κ3) is 11.2. The molecule has 2 aliphatic carbocycles. The largest absolute Gasteiger partial charge is 0.486 e. The Morgan fingerprint density at radius 1 is 0.961 bits per heavy atom. The molecule has 6 heterocycles. The molecule has 20 heteroatoms. The minimum absolute atomic E-state index is 0.00463. The van der Waals surface area contributed by atoms with Crippen molar-refractivity contribution in [1.82, 2.24) is 29.5 Å². The lowest BCUT2D eigenvalue weighted by atomic mass is 9.59. The Morgan fingerprint density at radius 2 is 1.73 bits per heavy atom. The van der Waals surface area contributed by atoms with Crippen LogP contribution in [-0.4, -0.2) is 113 Å². The van der Waals surface area contributed by atoms with Crippen molar-refractivity contribution in [2.75, 3.05) is 62.7 Å². The molecule has 77 heavy (non-hydrogen) atoms. The smallest absolute Gasteiger partial charge is 0.312 e. The number of pyridine rings is 2. The highest BCUT2D eigenvalue weighted by atomic mass is 32.2. The second kappa shape index (κ2) is 21.2. The number of nitrogens with one attached hydrogen (secondary N) is 3. The average Bonchev–Trinajstić information content (AvgIpc) is 3.80. The zero-order valence-corrected chi connectivity index (χ0v) is 44.5. The number of aromatic nitrogens is 3. The van der Waals surface area contributed by atoms with Crippen molar-refractivity contribution >= 4 is 44.2 Å². The number of rotatable bonds is 15. The number of carbonyl (C=O) groups excluding carboxylic acids is 1. The van der Waals surface area contributed by atoms with Crippen LogP contribution in [0.5, 0.6) is 23.0 Å². The first-order valence-electron chi connectivity index (χ1n) is 26.8. The zero-order valence-electron chi connectivity index (χ0n) is 43.7. The fourth-order valence-corrected chi connectivity index (χ4v) is 13.2. The van der Waals surface area contributed by atoms with Gasteiger partial charge in [-0.25, -0.2) is 27.5 Å². The maximum absolute atomic E-state index is 14.7. The summed E-state index contributed by atoms with van der Waals surface area (Å²) in [4.78, 5) is 43.7. The van der Waals surface area contributed by atoms with Crippen LogP contribution in [-0.2, 0) is 16.6 Å². The van der Waals surface area contributed by atoms with E-state index in [1.165, 1.54) is 41.2 Å². The number of hydrogen-bond acceptors (Lipinski definition) is 15. The van der Waals surface area contributed by atoms with Crippen LogP contribution in [0.3, 0.4) is 0 Å². The van der Waals surface area contributed by atoms with E-state index in [2.05, 4.69) is 89.9 Å². The monoisotopic (exact) mass is 1070 g/mol. The minimum atomic E-state index is -4.71. The molecular formula is C57H66FN9O9S. The molecule has 0 unspecified atom stereocenters. The van der Waals surface area contributed by atoms with Gasteiger partial charge in [-0.1, -0.05) is 44.2 Å². The van der Waals surface area contributed by atoms with E-state index in [0.29, 0.717) is 63.0 Å².